The predicted octanol–water partition coefficient (Wildman–Crippen LogP) is 4.72. The Hall–Kier alpha value is -1.89. The second-order valence-electron chi connectivity index (χ2n) is 8.89. The van der Waals surface area contributed by atoms with Gasteiger partial charge >= 0.3 is 5.97 Å². The molecule has 0 radical (unpaired) electrons. The van der Waals surface area contributed by atoms with E-state index < -0.39 is 5.97 Å². The molecule has 1 saturated heterocycles. The highest BCUT2D eigenvalue weighted by atomic mass is 35.5. The van der Waals surface area contributed by atoms with Crippen molar-refractivity contribution in [3.8, 4) is 0 Å². The summed E-state index contributed by atoms with van der Waals surface area (Å²) in [6, 6.07) is 7.37. The van der Waals surface area contributed by atoms with E-state index in [-0.39, 0.29) is 30.0 Å². The molecule has 1 saturated carbocycles. The zero-order valence-electron chi connectivity index (χ0n) is 18.8. The SMILES string of the molecule is COCCCOC(=O)c1cc2cc(CC(=O)[C@H]3NCC[C@H]3C3CCCCC3)ccc2o1.Cl. The van der Waals surface area contributed by atoms with Crippen LogP contribution < -0.4 is 5.32 Å². The Morgan fingerprint density at radius 3 is 2.69 bits per heavy atom. The summed E-state index contributed by atoms with van der Waals surface area (Å²) >= 11 is 0. The van der Waals surface area contributed by atoms with E-state index in [4.69, 9.17) is 13.9 Å². The van der Waals surface area contributed by atoms with Crippen LogP contribution in [0.5, 0.6) is 0 Å². The molecule has 32 heavy (non-hydrogen) atoms. The smallest absolute Gasteiger partial charge is 0.374 e. The molecule has 1 aliphatic carbocycles. The van der Waals surface area contributed by atoms with E-state index >= 15 is 0 Å². The average Bonchev–Trinajstić information content (AvgIpc) is 3.44. The molecule has 1 aromatic carbocycles. The van der Waals surface area contributed by atoms with Gasteiger partial charge in [-0.1, -0.05) is 38.2 Å². The number of carbonyl (C=O) groups is 2. The lowest BCUT2D eigenvalue weighted by Crippen LogP contribution is -2.40. The lowest BCUT2D eigenvalue weighted by Gasteiger charge is -2.30. The largest absolute Gasteiger partial charge is 0.460 e. The summed E-state index contributed by atoms with van der Waals surface area (Å²) in [6.07, 6.45) is 8.63. The van der Waals surface area contributed by atoms with Crippen LogP contribution in [0.15, 0.2) is 28.7 Å². The highest BCUT2D eigenvalue weighted by Crippen LogP contribution is 2.36. The number of methoxy groups -OCH3 is 1. The molecule has 1 N–H and O–H groups in total. The summed E-state index contributed by atoms with van der Waals surface area (Å²) in [5, 5.41) is 4.29. The molecule has 6 nitrogen and oxygen atoms in total. The van der Waals surface area contributed by atoms with Crippen molar-refractivity contribution < 1.29 is 23.5 Å². The number of furan rings is 1. The molecular formula is C25H34ClNO5. The van der Waals surface area contributed by atoms with Gasteiger partial charge in [0, 0.05) is 31.9 Å². The molecule has 1 aliphatic heterocycles. The summed E-state index contributed by atoms with van der Waals surface area (Å²) in [5.74, 6) is 1.14. The van der Waals surface area contributed by atoms with Gasteiger partial charge in [0.1, 0.15) is 5.58 Å². The van der Waals surface area contributed by atoms with Crippen molar-refractivity contribution in [2.24, 2.45) is 11.8 Å². The minimum absolute atomic E-state index is 0. The maximum absolute atomic E-state index is 13.1. The third-order valence-corrected chi connectivity index (χ3v) is 6.76. The number of halogens is 1. The van der Waals surface area contributed by atoms with Crippen LogP contribution in [-0.4, -0.2) is 44.7 Å². The third-order valence-electron chi connectivity index (χ3n) is 6.76. The lowest BCUT2D eigenvalue weighted by atomic mass is 9.75. The van der Waals surface area contributed by atoms with Crippen LogP contribution in [0.2, 0.25) is 0 Å². The van der Waals surface area contributed by atoms with Crippen LogP contribution in [0.4, 0.5) is 0 Å². The molecule has 7 heteroatoms. The van der Waals surface area contributed by atoms with E-state index in [0.29, 0.717) is 43.5 Å². The quantitative estimate of drug-likeness (QED) is 0.428. The first kappa shape index (κ1) is 24.7. The normalized spacial score (nSPS) is 21.4. The van der Waals surface area contributed by atoms with Gasteiger partial charge in [-0.2, -0.15) is 0 Å². The minimum atomic E-state index is -0.476. The number of ketones is 1. The molecule has 1 aromatic heterocycles. The van der Waals surface area contributed by atoms with Crippen LogP contribution in [0.1, 0.15) is 61.1 Å². The Morgan fingerprint density at radius 1 is 1.09 bits per heavy atom. The van der Waals surface area contributed by atoms with E-state index in [1.54, 1.807) is 13.2 Å². The Morgan fingerprint density at radius 2 is 1.91 bits per heavy atom. The fraction of sp³-hybridized carbons (Fsp3) is 0.600. The Kier molecular flexibility index (Phi) is 9.14. The molecule has 0 spiro atoms. The molecule has 2 heterocycles. The summed E-state index contributed by atoms with van der Waals surface area (Å²) in [4.78, 5) is 25.3. The molecule has 0 bridgehead atoms. The molecule has 2 aromatic rings. The molecule has 2 fully saturated rings. The maximum atomic E-state index is 13.1. The number of esters is 1. The highest BCUT2D eigenvalue weighted by molar-refractivity contribution is 5.93. The third kappa shape index (κ3) is 5.91. The summed E-state index contributed by atoms with van der Waals surface area (Å²) in [6.45, 7) is 1.77. The van der Waals surface area contributed by atoms with Gasteiger partial charge in [0.25, 0.3) is 0 Å². The topological polar surface area (TPSA) is 77.8 Å². The molecule has 0 unspecified atom stereocenters. The van der Waals surface area contributed by atoms with Crippen molar-refractivity contribution in [2.75, 3.05) is 26.9 Å². The van der Waals surface area contributed by atoms with Gasteiger partial charge in [0.15, 0.2) is 5.78 Å². The van der Waals surface area contributed by atoms with E-state index in [1.165, 1.54) is 32.1 Å². The number of carbonyl (C=O) groups excluding carboxylic acids is 2. The first-order valence-corrected chi connectivity index (χ1v) is 11.6. The first-order chi connectivity index (χ1) is 15.2. The van der Waals surface area contributed by atoms with E-state index in [1.807, 2.05) is 18.2 Å². The van der Waals surface area contributed by atoms with Crippen molar-refractivity contribution in [1.82, 2.24) is 5.32 Å². The van der Waals surface area contributed by atoms with Gasteiger partial charge in [-0.05, 0) is 48.6 Å². The van der Waals surface area contributed by atoms with Gasteiger partial charge in [-0.3, -0.25) is 4.79 Å². The minimum Gasteiger partial charge on any atom is -0.460 e. The molecule has 4 rings (SSSR count). The van der Waals surface area contributed by atoms with Gasteiger partial charge in [-0.15, -0.1) is 12.4 Å². The van der Waals surface area contributed by atoms with Crippen LogP contribution in [0.3, 0.4) is 0 Å². The van der Waals surface area contributed by atoms with Crippen LogP contribution in [-0.2, 0) is 20.7 Å². The summed E-state index contributed by atoms with van der Waals surface area (Å²) in [5.41, 5.74) is 1.58. The fourth-order valence-corrected chi connectivity index (χ4v) is 5.20. The Labute approximate surface area is 195 Å². The standard InChI is InChI=1S/C25H33NO5.ClH/c1-29-12-5-13-30-25(28)23-16-19-14-17(8-9-22(19)31-23)15-21(27)24-20(10-11-26-24)18-6-3-2-4-7-18;/h8-9,14,16,18,20,24,26H,2-7,10-13,15H2,1H3;1H/t20-,24-;/m0./s1. The van der Waals surface area contributed by atoms with Crippen molar-refractivity contribution in [1.29, 1.82) is 0 Å². The number of benzene rings is 1. The number of Topliss-reactive ketones (excluding diaryl/α,β-unsaturated/α-hetero) is 1. The molecule has 2 aliphatic rings. The lowest BCUT2D eigenvalue weighted by molar-refractivity contribution is -0.121. The Bertz CT molecular complexity index is 905. The fourth-order valence-electron chi connectivity index (χ4n) is 5.20. The van der Waals surface area contributed by atoms with Crippen molar-refractivity contribution in [3.63, 3.8) is 0 Å². The first-order valence-electron chi connectivity index (χ1n) is 11.6. The molecule has 2 atom stereocenters. The van der Waals surface area contributed by atoms with Gasteiger partial charge in [0.2, 0.25) is 5.76 Å². The number of nitrogens with one attached hydrogen (secondary N) is 1. The second-order valence-corrected chi connectivity index (χ2v) is 8.89. The van der Waals surface area contributed by atoms with Gasteiger partial charge in [-0.25, -0.2) is 4.79 Å². The monoisotopic (exact) mass is 463 g/mol. The molecular weight excluding hydrogens is 430 g/mol. The number of hydrogen-bond donors (Lipinski definition) is 1. The van der Waals surface area contributed by atoms with E-state index in [9.17, 15) is 9.59 Å². The van der Waals surface area contributed by atoms with Crippen LogP contribution in [0, 0.1) is 11.8 Å². The van der Waals surface area contributed by atoms with Crippen LogP contribution >= 0.6 is 12.4 Å². The summed E-state index contributed by atoms with van der Waals surface area (Å²) in [7, 11) is 1.61. The number of ether oxygens (including phenoxy) is 2. The zero-order valence-corrected chi connectivity index (χ0v) is 19.6. The van der Waals surface area contributed by atoms with E-state index in [2.05, 4.69) is 5.32 Å². The van der Waals surface area contributed by atoms with Crippen LogP contribution in [0.25, 0.3) is 11.0 Å². The van der Waals surface area contributed by atoms with Crippen molar-refractivity contribution in [2.45, 2.75) is 57.4 Å². The highest BCUT2D eigenvalue weighted by Gasteiger charge is 2.37. The molecule has 0 amide bonds. The number of hydrogen-bond acceptors (Lipinski definition) is 6. The van der Waals surface area contributed by atoms with E-state index in [0.717, 1.165) is 23.9 Å². The summed E-state index contributed by atoms with van der Waals surface area (Å²) < 4.78 is 15.8. The zero-order chi connectivity index (χ0) is 21.6. The predicted molar refractivity (Wildman–Crippen MR) is 125 cm³/mol. The van der Waals surface area contributed by atoms with Crippen molar-refractivity contribution in [3.05, 3.63) is 35.6 Å². The average molecular weight is 464 g/mol. The van der Waals surface area contributed by atoms with Gasteiger partial charge < -0.3 is 19.2 Å². The van der Waals surface area contributed by atoms with Gasteiger partial charge in [0.05, 0.1) is 12.6 Å². The number of fused-ring (bicyclic) bond motifs is 1. The maximum Gasteiger partial charge on any atom is 0.374 e. The molecule has 176 valence electrons. The second kappa shape index (κ2) is 11.8. The number of rotatable bonds is 9. The Balaban J connectivity index is 0.00000289. The van der Waals surface area contributed by atoms with Crippen molar-refractivity contribution >= 4 is 35.1 Å².